The van der Waals surface area contributed by atoms with Gasteiger partial charge >= 0.3 is 0 Å². The van der Waals surface area contributed by atoms with Gasteiger partial charge < -0.3 is 14.0 Å². The number of hydrogen-bond acceptors (Lipinski definition) is 4. The molecule has 2 aromatic carbocycles. The van der Waals surface area contributed by atoms with Crippen molar-refractivity contribution in [3.8, 4) is 16.9 Å². The van der Waals surface area contributed by atoms with Gasteiger partial charge in [-0.05, 0) is 61.2 Å². The summed E-state index contributed by atoms with van der Waals surface area (Å²) in [4.78, 5) is 0.325. The van der Waals surface area contributed by atoms with Crippen molar-refractivity contribution in [2.24, 2.45) is 0 Å². The fraction of sp³-hybridized carbons (Fsp3) is 0.333. The Bertz CT molecular complexity index is 1050. The van der Waals surface area contributed by atoms with Gasteiger partial charge in [-0.25, -0.2) is 8.42 Å². The smallest absolute Gasteiger partial charge is 0.175 e. The second kappa shape index (κ2) is 10.1. The number of ether oxygens (including phenoxy) is 2. The van der Waals surface area contributed by atoms with Gasteiger partial charge in [0.1, 0.15) is 0 Å². The van der Waals surface area contributed by atoms with Crippen LogP contribution in [0, 0.1) is 6.92 Å². The van der Waals surface area contributed by atoms with E-state index in [2.05, 4.69) is 29.7 Å². The number of para-hydroxylation sites is 1. The summed E-state index contributed by atoms with van der Waals surface area (Å²) < 4.78 is 36.6. The van der Waals surface area contributed by atoms with Gasteiger partial charge in [0.25, 0.3) is 0 Å². The van der Waals surface area contributed by atoms with Crippen molar-refractivity contribution in [1.29, 1.82) is 0 Å². The summed E-state index contributed by atoms with van der Waals surface area (Å²) in [7, 11) is -1.53. The van der Waals surface area contributed by atoms with Crippen molar-refractivity contribution in [2.45, 2.75) is 24.7 Å². The van der Waals surface area contributed by atoms with Gasteiger partial charge in [0.05, 0.1) is 17.2 Å². The van der Waals surface area contributed by atoms with Crippen LogP contribution >= 0.6 is 0 Å². The molecule has 3 aromatic rings. The molecule has 0 radical (unpaired) electrons. The molecular weight excluding hydrogens is 398 g/mol. The lowest BCUT2D eigenvalue weighted by molar-refractivity contribution is 0.105. The Morgan fingerprint density at radius 1 is 0.933 bits per heavy atom. The van der Waals surface area contributed by atoms with Gasteiger partial charge in [-0.1, -0.05) is 30.3 Å². The van der Waals surface area contributed by atoms with E-state index in [0.29, 0.717) is 24.7 Å². The third-order valence-electron chi connectivity index (χ3n) is 5.10. The molecule has 6 heteroatoms. The molecule has 0 atom stereocenters. The lowest BCUT2D eigenvalue weighted by Crippen LogP contribution is -2.04. The third-order valence-corrected chi connectivity index (χ3v) is 6.23. The molecule has 0 aliphatic heterocycles. The number of methoxy groups -OCH3 is 1. The molecule has 3 rings (SSSR count). The monoisotopic (exact) mass is 427 g/mol. The quantitative estimate of drug-likeness (QED) is 0.449. The summed E-state index contributed by atoms with van der Waals surface area (Å²) in [5, 5.41) is 0. The van der Waals surface area contributed by atoms with Crippen LogP contribution in [0.4, 0.5) is 0 Å². The predicted octanol–water partition coefficient (Wildman–Crippen LogP) is 4.45. The first kappa shape index (κ1) is 22.3. The first-order valence-electron chi connectivity index (χ1n) is 10.1. The van der Waals surface area contributed by atoms with E-state index in [1.165, 1.54) is 11.8 Å². The standard InChI is InChI=1S/C24H29NO4S/c1-19-21(14-17-29-16-7-15-28-2)18-24(25(19)22-8-5-4-6-9-22)20-10-12-23(13-11-20)30(3,26)27/h4-6,8-13,18H,7,14-17H2,1-3H3. The molecule has 0 spiro atoms. The Morgan fingerprint density at radius 3 is 2.27 bits per heavy atom. The van der Waals surface area contributed by atoms with Crippen LogP contribution in [-0.2, 0) is 25.7 Å². The minimum Gasteiger partial charge on any atom is -0.385 e. The maximum absolute atomic E-state index is 11.8. The van der Waals surface area contributed by atoms with Gasteiger partial charge in [0.2, 0.25) is 0 Å². The first-order chi connectivity index (χ1) is 14.4. The lowest BCUT2D eigenvalue weighted by Gasteiger charge is -2.13. The van der Waals surface area contributed by atoms with E-state index in [9.17, 15) is 8.42 Å². The van der Waals surface area contributed by atoms with Crippen LogP contribution < -0.4 is 0 Å². The van der Waals surface area contributed by atoms with Gasteiger partial charge in [0, 0.05) is 38.0 Å². The molecule has 1 heterocycles. The van der Waals surface area contributed by atoms with E-state index in [-0.39, 0.29) is 0 Å². The zero-order valence-corrected chi connectivity index (χ0v) is 18.6. The number of rotatable bonds is 10. The normalized spacial score (nSPS) is 11.7. The van der Waals surface area contributed by atoms with Gasteiger partial charge in [-0.15, -0.1) is 0 Å². The second-order valence-corrected chi connectivity index (χ2v) is 9.33. The molecule has 160 valence electrons. The SMILES string of the molecule is COCCCOCCc1cc(-c2ccc(S(C)(=O)=O)cc2)n(-c2ccccc2)c1C. The minimum absolute atomic E-state index is 0.325. The van der Waals surface area contributed by atoms with Crippen LogP contribution in [0.5, 0.6) is 0 Å². The Kier molecular flexibility index (Phi) is 7.48. The molecule has 0 aliphatic carbocycles. The van der Waals surface area contributed by atoms with Crippen molar-refractivity contribution < 1.29 is 17.9 Å². The fourth-order valence-corrected chi connectivity index (χ4v) is 4.13. The molecule has 0 aliphatic rings. The van der Waals surface area contributed by atoms with Crippen LogP contribution in [-0.4, -0.2) is 46.2 Å². The summed E-state index contributed by atoms with van der Waals surface area (Å²) in [6.45, 7) is 4.15. The molecule has 0 unspecified atom stereocenters. The first-order valence-corrected chi connectivity index (χ1v) is 11.9. The van der Waals surface area contributed by atoms with Gasteiger partial charge in [-0.2, -0.15) is 0 Å². The Balaban J connectivity index is 1.91. The van der Waals surface area contributed by atoms with Crippen LogP contribution in [0.25, 0.3) is 16.9 Å². The Labute approximate surface area is 179 Å². The molecule has 1 aromatic heterocycles. The summed E-state index contributed by atoms with van der Waals surface area (Å²) in [6.07, 6.45) is 2.93. The molecule has 0 saturated heterocycles. The molecule has 0 amide bonds. The van der Waals surface area contributed by atoms with Crippen molar-refractivity contribution in [3.05, 3.63) is 71.9 Å². The maximum atomic E-state index is 11.8. The van der Waals surface area contributed by atoms with E-state index in [0.717, 1.165) is 35.5 Å². The van der Waals surface area contributed by atoms with Crippen LogP contribution in [0.15, 0.2) is 65.6 Å². The number of aromatic nitrogens is 1. The highest BCUT2D eigenvalue weighted by molar-refractivity contribution is 7.90. The second-order valence-electron chi connectivity index (χ2n) is 7.32. The van der Waals surface area contributed by atoms with E-state index in [1.807, 2.05) is 30.3 Å². The number of nitrogens with zero attached hydrogens (tertiary/aromatic N) is 1. The maximum Gasteiger partial charge on any atom is 0.175 e. The van der Waals surface area contributed by atoms with Crippen molar-refractivity contribution in [1.82, 2.24) is 4.57 Å². The molecule has 5 nitrogen and oxygen atoms in total. The van der Waals surface area contributed by atoms with Gasteiger partial charge in [-0.3, -0.25) is 0 Å². The van der Waals surface area contributed by atoms with Crippen LogP contribution in [0.1, 0.15) is 17.7 Å². The Morgan fingerprint density at radius 2 is 1.63 bits per heavy atom. The average Bonchev–Trinajstić information content (AvgIpc) is 3.07. The lowest BCUT2D eigenvalue weighted by atomic mass is 10.1. The summed E-state index contributed by atoms with van der Waals surface area (Å²) in [6, 6.07) is 19.4. The summed E-state index contributed by atoms with van der Waals surface area (Å²) >= 11 is 0. The van der Waals surface area contributed by atoms with E-state index in [4.69, 9.17) is 9.47 Å². The molecule has 0 bridgehead atoms. The number of sulfone groups is 1. The third kappa shape index (κ3) is 5.39. The van der Waals surface area contributed by atoms with Crippen molar-refractivity contribution in [2.75, 3.05) is 33.2 Å². The Hall–Kier alpha value is -2.41. The van der Waals surface area contributed by atoms with Gasteiger partial charge in [0.15, 0.2) is 9.84 Å². The average molecular weight is 428 g/mol. The predicted molar refractivity (Wildman–Crippen MR) is 120 cm³/mol. The number of hydrogen-bond donors (Lipinski definition) is 0. The van der Waals surface area contributed by atoms with E-state index in [1.54, 1.807) is 19.2 Å². The fourth-order valence-electron chi connectivity index (χ4n) is 3.50. The van der Waals surface area contributed by atoms with Crippen molar-refractivity contribution in [3.63, 3.8) is 0 Å². The van der Waals surface area contributed by atoms with Crippen LogP contribution in [0.2, 0.25) is 0 Å². The molecule has 30 heavy (non-hydrogen) atoms. The summed E-state index contributed by atoms with van der Waals surface area (Å²) in [5.74, 6) is 0. The highest BCUT2D eigenvalue weighted by Crippen LogP contribution is 2.30. The largest absolute Gasteiger partial charge is 0.385 e. The van der Waals surface area contributed by atoms with E-state index < -0.39 is 9.84 Å². The van der Waals surface area contributed by atoms with E-state index >= 15 is 0 Å². The van der Waals surface area contributed by atoms with Crippen LogP contribution in [0.3, 0.4) is 0 Å². The highest BCUT2D eigenvalue weighted by atomic mass is 32.2. The highest BCUT2D eigenvalue weighted by Gasteiger charge is 2.16. The minimum atomic E-state index is -3.22. The zero-order valence-electron chi connectivity index (χ0n) is 17.8. The summed E-state index contributed by atoms with van der Waals surface area (Å²) in [5.41, 5.74) is 5.45. The number of benzene rings is 2. The molecule has 0 fully saturated rings. The molecular formula is C24H29NO4S. The zero-order chi connectivity index (χ0) is 21.6. The van der Waals surface area contributed by atoms with Crippen molar-refractivity contribution >= 4 is 9.84 Å². The molecule has 0 N–H and O–H groups in total. The topological polar surface area (TPSA) is 57.5 Å². The molecule has 0 saturated carbocycles.